The van der Waals surface area contributed by atoms with Crippen molar-refractivity contribution in [3.8, 4) is 11.4 Å². The summed E-state index contributed by atoms with van der Waals surface area (Å²) in [6.07, 6.45) is -3.45. The Morgan fingerprint density at radius 1 is 1.14 bits per heavy atom. The van der Waals surface area contributed by atoms with E-state index in [0.29, 0.717) is 10.7 Å². The maximum absolute atomic E-state index is 14.4. The van der Waals surface area contributed by atoms with Crippen LogP contribution in [-0.4, -0.2) is 14.5 Å². The van der Waals surface area contributed by atoms with Crippen LogP contribution in [0.3, 0.4) is 0 Å². The van der Waals surface area contributed by atoms with Crippen LogP contribution in [0.2, 0.25) is 5.15 Å². The van der Waals surface area contributed by atoms with Crippen LogP contribution in [0.25, 0.3) is 5.69 Å². The first-order chi connectivity index (χ1) is 13.1. The molecule has 6 nitrogen and oxygen atoms in total. The zero-order valence-electron chi connectivity index (χ0n) is 13.8. The summed E-state index contributed by atoms with van der Waals surface area (Å²) in [6.45, 7) is 0.0454. The van der Waals surface area contributed by atoms with E-state index in [1.54, 1.807) is 12.1 Å². The fraction of sp³-hybridized carbons (Fsp3) is 0.118. The van der Waals surface area contributed by atoms with E-state index in [-0.39, 0.29) is 23.0 Å². The summed E-state index contributed by atoms with van der Waals surface area (Å²) in [4.78, 5) is 29.2. The average molecular weight is 416 g/mol. The first-order valence-electron chi connectivity index (χ1n) is 7.62. The number of ether oxygens (including phenoxy) is 1. The standard InChI is InChI=1S/C17H10ClF4N3O3/c18-14-4-1-9(7-23-14)8-28-10-2-3-12(11(19)5-10)25-15(26)6-13(17(20,21)22)24-16(25)27/h1-7H,8H2,(H,24,27). The maximum Gasteiger partial charge on any atom is 0.431 e. The Labute approximate surface area is 159 Å². The summed E-state index contributed by atoms with van der Waals surface area (Å²) in [7, 11) is 0. The van der Waals surface area contributed by atoms with Gasteiger partial charge >= 0.3 is 11.9 Å². The average Bonchev–Trinajstić information content (AvgIpc) is 2.61. The highest BCUT2D eigenvalue weighted by atomic mass is 35.5. The normalized spacial score (nSPS) is 11.5. The van der Waals surface area contributed by atoms with E-state index in [4.69, 9.17) is 16.3 Å². The van der Waals surface area contributed by atoms with Gasteiger partial charge in [-0.3, -0.25) is 4.79 Å². The fourth-order valence-electron chi connectivity index (χ4n) is 2.29. The molecule has 1 N–H and O–H groups in total. The van der Waals surface area contributed by atoms with Crippen LogP contribution in [0.15, 0.2) is 52.2 Å². The second kappa shape index (κ2) is 7.47. The predicted molar refractivity (Wildman–Crippen MR) is 91.2 cm³/mol. The minimum absolute atomic E-state index is 0.0454. The van der Waals surface area contributed by atoms with Crippen molar-refractivity contribution in [1.82, 2.24) is 14.5 Å². The van der Waals surface area contributed by atoms with Gasteiger partial charge < -0.3 is 9.72 Å². The molecule has 1 aromatic carbocycles. The van der Waals surface area contributed by atoms with Crippen molar-refractivity contribution in [3.05, 3.63) is 85.7 Å². The lowest BCUT2D eigenvalue weighted by molar-refractivity contribution is -0.141. The molecule has 0 saturated heterocycles. The molecule has 0 aliphatic heterocycles. The van der Waals surface area contributed by atoms with Crippen LogP contribution in [0.5, 0.6) is 5.75 Å². The van der Waals surface area contributed by atoms with E-state index in [1.165, 1.54) is 17.2 Å². The molecule has 2 aromatic heterocycles. The van der Waals surface area contributed by atoms with E-state index in [2.05, 4.69) is 4.98 Å². The zero-order chi connectivity index (χ0) is 20.5. The monoisotopic (exact) mass is 415 g/mol. The maximum atomic E-state index is 14.4. The van der Waals surface area contributed by atoms with Crippen LogP contribution >= 0.6 is 11.6 Å². The first kappa shape index (κ1) is 19.6. The largest absolute Gasteiger partial charge is 0.489 e. The molecule has 0 aliphatic carbocycles. The lowest BCUT2D eigenvalue weighted by atomic mass is 10.2. The third-order valence-electron chi connectivity index (χ3n) is 3.59. The molecule has 146 valence electrons. The van der Waals surface area contributed by atoms with Crippen LogP contribution in [0, 0.1) is 5.82 Å². The number of rotatable bonds is 4. The minimum atomic E-state index is -4.91. The summed E-state index contributed by atoms with van der Waals surface area (Å²) in [5, 5.41) is 0.298. The van der Waals surface area contributed by atoms with Gasteiger partial charge in [0.1, 0.15) is 23.2 Å². The van der Waals surface area contributed by atoms with Gasteiger partial charge in [-0.25, -0.2) is 18.7 Å². The van der Waals surface area contributed by atoms with Crippen LogP contribution < -0.4 is 16.0 Å². The Balaban J connectivity index is 1.88. The number of halogens is 5. The summed E-state index contributed by atoms with van der Waals surface area (Å²) in [5.74, 6) is -0.952. The van der Waals surface area contributed by atoms with E-state index >= 15 is 0 Å². The molecule has 0 amide bonds. The molecule has 0 radical (unpaired) electrons. The molecule has 0 unspecified atom stereocenters. The molecular weight excluding hydrogens is 406 g/mol. The third kappa shape index (κ3) is 4.22. The number of nitrogens with zero attached hydrogens (tertiary/aromatic N) is 2. The number of hydrogen-bond acceptors (Lipinski definition) is 4. The van der Waals surface area contributed by atoms with Gasteiger partial charge in [-0.15, -0.1) is 0 Å². The van der Waals surface area contributed by atoms with Crippen molar-refractivity contribution in [3.63, 3.8) is 0 Å². The molecule has 3 aromatic rings. The fourth-order valence-corrected chi connectivity index (χ4v) is 2.41. The van der Waals surface area contributed by atoms with Gasteiger partial charge in [-0.2, -0.15) is 13.2 Å². The minimum Gasteiger partial charge on any atom is -0.489 e. The highest BCUT2D eigenvalue weighted by Crippen LogP contribution is 2.26. The second-order valence-electron chi connectivity index (χ2n) is 5.55. The van der Waals surface area contributed by atoms with E-state index < -0.39 is 34.6 Å². The van der Waals surface area contributed by atoms with Crippen molar-refractivity contribution in [2.45, 2.75) is 12.8 Å². The highest BCUT2D eigenvalue weighted by molar-refractivity contribution is 6.29. The van der Waals surface area contributed by atoms with Crippen LogP contribution in [0.4, 0.5) is 17.6 Å². The Bertz CT molecular complexity index is 1090. The van der Waals surface area contributed by atoms with Gasteiger partial charge in [0.15, 0.2) is 5.82 Å². The Morgan fingerprint density at radius 2 is 1.89 bits per heavy atom. The van der Waals surface area contributed by atoms with Gasteiger partial charge in [0, 0.05) is 23.9 Å². The molecular formula is C17H10ClF4N3O3. The van der Waals surface area contributed by atoms with Crippen LogP contribution in [-0.2, 0) is 12.8 Å². The topological polar surface area (TPSA) is 77.0 Å². The summed E-state index contributed by atoms with van der Waals surface area (Å²) >= 11 is 5.67. The SMILES string of the molecule is O=c1cc(C(F)(F)F)[nH]c(=O)n1-c1ccc(OCc2ccc(Cl)nc2)cc1F. The number of aromatic nitrogens is 3. The predicted octanol–water partition coefficient (Wildman–Crippen LogP) is 3.31. The number of hydrogen-bond donors (Lipinski definition) is 1. The highest BCUT2D eigenvalue weighted by Gasteiger charge is 2.33. The second-order valence-corrected chi connectivity index (χ2v) is 5.94. The molecule has 0 aliphatic rings. The third-order valence-corrected chi connectivity index (χ3v) is 3.82. The summed E-state index contributed by atoms with van der Waals surface area (Å²) < 4.78 is 57.9. The molecule has 0 saturated carbocycles. The number of benzene rings is 1. The number of nitrogens with one attached hydrogen (secondary N) is 1. The van der Waals surface area contributed by atoms with Crippen molar-refractivity contribution in [2.24, 2.45) is 0 Å². The molecule has 3 rings (SSSR count). The number of pyridine rings is 1. The van der Waals surface area contributed by atoms with Gasteiger partial charge in [-0.1, -0.05) is 17.7 Å². The number of H-pyrrole nitrogens is 1. The number of alkyl halides is 3. The number of aromatic amines is 1. The van der Waals surface area contributed by atoms with Gasteiger partial charge in [0.05, 0.1) is 5.69 Å². The molecule has 0 atom stereocenters. The van der Waals surface area contributed by atoms with Crippen molar-refractivity contribution < 1.29 is 22.3 Å². The lowest BCUT2D eigenvalue weighted by Gasteiger charge is -2.11. The molecule has 2 heterocycles. The molecule has 0 fully saturated rings. The van der Waals surface area contributed by atoms with Crippen molar-refractivity contribution in [1.29, 1.82) is 0 Å². The van der Waals surface area contributed by atoms with E-state index in [0.717, 1.165) is 12.1 Å². The smallest absolute Gasteiger partial charge is 0.431 e. The Kier molecular flexibility index (Phi) is 5.23. The lowest BCUT2D eigenvalue weighted by Crippen LogP contribution is -2.36. The quantitative estimate of drug-likeness (QED) is 0.524. The molecule has 0 spiro atoms. The van der Waals surface area contributed by atoms with Crippen molar-refractivity contribution in [2.75, 3.05) is 0 Å². The molecule has 11 heteroatoms. The molecule has 0 bridgehead atoms. The van der Waals surface area contributed by atoms with Crippen molar-refractivity contribution >= 4 is 11.6 Å². The van der Waals surface area contributed by atoms with Gasteiger partial charge in [0.2, 0.25) is 0 Å². The van der Waals surface area contributed by atoms with Crippen LogP contribution in [0.1, 0.15) is 11.3 Å². The van der Waals surface area contributed by atoms with Gasteiger partial charge in [-0.05, 0) is 18.2 Å². The zero-order valence-corrected chi connectivity index (χ0v) is 14.5. The summed E-state index contributed by atoms with van der Waals surface area (Å²) in [5.41, 5.74) is -4.11. The Hall–Kier alpha value is -3.14. The Morgan fingerprint density at radius 3 is 2.46 bits per heavy atom. The molecule has 28 heavy (non-hydrogen) atoms. The van der Waals surface area contributed by atoms with E-state index in [1.807, 2.05) is 0 Å². The summed E-state index contributed by atoms with van der Waals surface area (Å²) in [6, 6.07) is 6.61. The van der Waals surface area contributed by atoms with Gasteiger partial charge in [0.25, 0.3) is 5.56 Å². The first-order valence-corrected chi connectivity index (χ1v) is 7.99. The van der Waals surface area contributed by atoms with E-state index in [9.17, 15) is 27.2 Å².